The summed E-state index contributed by atoms with van der Waals surface area (Å²) in [6, 6.07) is 4.26. The lowest BCUT2D eigenvalue weighted by Crippen LogP contribution is -2.49. The summed E-state index contributed by atoms with van der Waals surface area (Å²) in [6.45, 7) is 4.91. The molecule has 0 unspecified atom stereocenters. The van der Waals surface area contributed by atoms with Gasteiger partial charge in [0.25, 0.3) is 0 Å². The number of ether oxygens (including phenoxy) is 1. The van der Waals surface area contributed by atoms with E-state index in [2.05, 4.69) is 21.2 Å². The van der Waals surface area contributed by atoms with Gasteiger partial charge in [0.15, 0.2) is 0 Å². The second kappa shape index (κ2) is 6.44. The van der Waals surface area contributed by atoms with Crippen LogP contribution in [0.3, 0.4) is 0 Å². The van der Waals surface area contributed by atoms with Crippen molar-refractivity contribution in [3.8, 4) is 0 Å². The molecule has 1 aromatic carbocycles. The Kier molecular flexibility index (Phi) is 4.84. The number of hydrogen-bond acceptors (Lipinski definition) is 3. The molecule has 1 aliphatic rings. The highest BCUT2D eigenvalue weighted by atomic mass is 79.9. The minimum absolute atomic E-state index is 0.00247. The first-order chi connectivity index (χ1) is 9.86. The summed E-state index contributed by atoms with van der Waals surface area (Å²) in [4.78, 5) is 24.8. The van der Waals surface area contributed by atoms with Gasteiger partial charge in [0.2, 0.25) is 0 Å². The van der Waals surface area contributed by atoms with Crippen LogP contribution in [-0.4, -0.2) is 47.3 Å². The fraction of sp³-hybridized carbons (Fsp3) is 0.429. The Morgan fingerprint density at radius 1 is 1.33 bits per heavy atom. The summed E-state index contributed by atoms with van der Waals surface area (Å²) < 4.78 is 6.12. The van der Waals surface area contributed by atoms with Crippen LogP contribution in [0.1, 0.15) is 24.2 Å². The number of benzene rings is 1. The van der Waals surface area contributed by atoms with E-state index in [0.29, 0.717) is 23.2 Å². The number of carbonyl (C=O) groups excluding carboxylic acids is 1. The first-order valence-corrected chi connectivity index (χ1v) is 7.40. The number of carboxylic acids is 1. The van der Waals surface area contributed by atoms with Gasteiger partial charge < -0.3 is 20.1 Å². The fourth-order valence-electron chi connectivity index (χ4n) is 2.29. The third-order valence-electron chi connectivity index (χ3n) is 3.16. The molecule has 0 spiro atoms. The highest BCUT2D eigenvalue weighted by Gasteiger charge is 2.26. The number of amides is 2. The maximum absolute atomic E-state index is 12.3. The van der Waals surface area contributed by atoms with Gasteiger partial charge in [-0.3, -0.25) is 0 Å². The molecule has 0 aliphatic carbocycles. The van der Waals surface area contributed by atoms with Crippen LogP contribution in [0.5, 0.6) is 0 Å². The molecule has 1 aromatic rings. The summed E-state index contributed by atoms with van der Waals surface area (Å²) in [6.07, 6.45) is -0.00495. The lowest BCUT2D eigenvalue weighted by atomic mass is 10.2. The molecule has 0 radical (unpaired) electrons. The number of morpholine rings is 1. The molecule has 1 fully saturated rings. The number of carbonyl (C=O) groups is 2. The van der Waals surface area contributed by atoms with E-state index >= 15 is 0 Å². The van der Waals surface area contributed by atoms with Gasteiger partial charge in [0, 0.05) is 17.6 Å². The number of rotatable bonds is 2. The number of aromatic carboxylic acids is 1. The molecule has 0 bridgehead atoms. The lowest BCUT2D eigenvalue weighted by molar-refractivity contribution is -0.0530. The van der Waals surface area contributed by atoms with Crippen molar-refractivity contribution in [2.24, 2.45) is 0 Å². The largest absolute Gasteiger partial charge is 0.478 e. The summed E-state index contributed by atoms with van der Waals surface area (Å²) in [5.41, 5.74) is 0.699. The number of halogens is 1. The van der Waals surface area contributed by atoms with Crippen LogP contribution in [0.2, 0.25) is 0 Å². The van der Waals surface area contributed by atoms with Crippen LogP contribution in [-0.2, 0) is 4.74 Å². The van der Waals surface area contributed by atoms with Crippen molar-refractivity contribution < 1.29 is 19.4 Å². The maximum atomic E-state index is 12.3. The van der Waals surface area contributed by atoms with Crippen LogP contribution in [0.25, 0.3) is 0 Å². The minimum atomic E-state index is -1.01. The minimum Gasteiger partial charge on any atom is -0.478 e. The van der Waals surface area contributed by atoms with Crippen molar-refractivity contribution >= 4 is 33.6 Å². The number of carboxylic acid groups (broad SMARTS) is 1. The van der Waals surface area contributed by atoms with Gasteiger partial charge >= 0.3 is 12.0 Å². The zero-order valence-corrected chi connectivity index (χ0v) is 13.4. The standard InChI is InChI=1S/C14H17BrN2O4/c1-8-6-17(7-9(2)21-8)14(20)16-12-4-3-10(13(18)19)5-11(12)15/h3-5,8-9H,6-7H2,1-2H3,(H,16,20)(H,18,19)/t8-,9+. The van der Waals surface area contributed by atoms with Gasteiger partial charge in [-0.05, 0) is 48.0 Å². The Balaban J connectivity index is 2.07. The molecule has 6 nitrogen and oxygen atoms in total. The summed E-state index contributed by atoms with van der Waals surface area (Å²) in [7, 11) is 0. The molecule has 2 N–H and O–H groups in total. The second-order valence-corrected chi connectivity index (χ2v) is 5.95. The molecule has 0 aromatic heterocycles. The average molecular weight is 357 g/mol. The van der Waals surface area contributed by atoms with Gasteiger partial charge in [-0.2, -0.15) is 0 Å². The first kappa shape index (κ1) is 15.8. The van der Waals surface area contributed by atoms with E-state index in [4.69, 9.17) is 9.84 Å². The van der Waals surface area contributed by atoms with Crippen molar-refractivity contribution in [2.45, 2.75) is 26.1 Å². The van der Waals surface area contributed by atoms with E-state index in [1.807, 2.05) is 13.8 Å². The van der Waals surface area contributed by atoms with Gasteiger partial charge in [-0.1, -0.05) is 0 Å². The topological polar surface area (TPSA) is 78.9 Å². The maximum Gasteiger partial charge on any atom is 0.335 e. The fourth-order valence-corrected chi connectivity index (χ4v) is 2.77. The molecule has 21 heavy (non-hydrogen) atoms. The number of hydrogen-bond donors (Lipinski definition) is 2. The third kappa shape index (κ3) is 3.95. The molecule has 1 aliphatic heterocycles. The Bertz CT molecular complexity index is 554. The monoisotopic (exact) mass is 356 g/mol. The van der Waals surface area contributed by atoms with E-state index in [9.17, 15) is 9.59 Å². The molecule has 1 heterocycles. The Morgan fingerprint density at radius 3 is 2.48 bits per heavy atom. The van der Waals surface area contributed by atoms with E-state index in [1.54, 1.807) is 11.0 Å². The normalized spacial score (nSPS) is 22.0. The third-order valence-corrected chi connectivity index (χ3v) is 3.82. The van der Waals surface area contributed by atoms with Gasteiger partial charge in [0.1, 0.15) is 0 Å². The molecule has 1 saturated heterocycles. The predicted molar refractivity (Wildman–Crippen MR) is 81.7 cm³/mol. The summed E-state index contributed by atoms with van der Waals surface area (Å²) >= 11 is 3.27. The molecule has 2 amide bonds. The highest BCUT2D eigenvalue weighted by molar-refractivity contribution is 9.10. The van der Waals surface area contributed by atoms with Crippen LogP contribution in [0.15, 0.2) is 22.7 Å². The summed E-state index contributed by atoms with van der Waals surface area (Å²) in [5.74, 6) is -1.01. The SMILES string of the molecule is C[C@@H]1CN(C(=O)Nc2ccc(C(=O)O)cc2Br)C[C@H](C)O1. The van der Waals surface area contributed by atoms with Crippen LogP contribution < -0.4 is 5.32 Å². The van der Waals surface area contributed by atoms with Crippen molar-refractivity contribution in [3.05, 3.63) is 28.2 Å². The molecular weight excluding hydrogens is 340 g/mol. The van der Waals surface area contributed by atoms with E-state index in [1.165, 1.54) is 12.1 Å². The van der Waals surface area contributed by atoms with Crippen molar-refractivity contribution in [1.29, 1.82) is 0 Å². The molecule has 114 valence electrons. The lowest BCUT2D eigenvalue weighted by Gasteiger charge is -2.35. The van der Waals surface area contributed by atoms with E-state index < -0.39 is 5.97 Å². The predicted octanol–water partition coefficient (Wildman–Crippen LogP) is 2.79. The van der Waals surface area contributed by atoms with Crippen molar-refractivity contribution in [2.75, 3.05) is 18.4 Å². The zero-order chi connectivity index (χ0) is 15.6. The van der Waals surface area contributed by atoms with E-state index in [-0.39, 0.29) is 23.8 Å². The zero-order valence-electron chi connectivity index (χ0n) is 11.8. The first-order valence-electron chi connectivity index (χ1n) is 6.61. The van der Waals surface area contributed by atoms with Crippen LogP contribution >= 0.6 is 15.9 Å². The number of nitrogens with zero attached hydrogens (tertiary/aromatic N) is 1. The molecule has 7 heteroatoms. The van der Waals surface area contributed by atoms with Gasteiger partial charge in [0.05, 0.1) is 23.5 Å². The molecule has 0 saturated carbocycles. The van der Waals surface area contributed by atoms with Crippen LogP contribution in [0, 0.1) is 0 Å². The number of nitrogens with one attached hydrogen (secondary N) is 1. The Labute approximate surface area is 131 Å². The van der Waals surface area contributed by atoms with Crippen molar-refractivity contribution in [3.63, 3.8) is 0 Å². The molecular formula is C14H17BrN2O4. The van der Waals surface area contributed by atoms with Gasteiger partial charge in [-0.15, -0.1) is 0 Å². The average Bonchev–Trinajstić information content (AvgIpc) is 2.39. The molecule has 2 rings (SSSR count). The highest BCUT2D eigenvalue weighted by Crippen LogP contribution is 2.24. The Morgan fingerprint density at radius 2 is 1.95 bits per heavy atom. The number of urea groups is 1. The Hall–Kier alpha value is -1.60. The quantitative estimate of drug-likeness (QED) is 0.853. The molecule has 2 atom stereocenters. The second-order valence-electron chi connectivity index (χ2n) is 5.09. The van der Waals surface area contributed by atoms with Crippen LogP contribution in [0.4, 0.5) is 10.5 Å². The summed E-state index contributed by atoms with van der Waals surface area (Å²) in [5, 5.41) is 11.7. The number of anilines is 1. The van der Waals surface area contributed by atoms with E-state index in [0.717, 1.165) is 0 Å². The van der Waals surface area contributed by atoms with Gasteiger partial charge in [-0.25, -0.2) is 9.59 Å². The van der Waals surface area contributed by atoms with Crippen molar-refractivity contribution in [1.82, 2.24) is 4.90 Å². The smallest absolute Gasteiger partial charge is 0.335 e.